The van der Waals surface area contributed by atoms with Gasteiger partial charge in [0.15, 0.2) is 5.82 Å². The van der Waals surface area contributed by atoms with Crippen molar-refractivity contribution in [3.63, 3.8) is 0 Å². The van der Waals surface area contributed by atoms with E-state index in [0.717, 1.165) is 58.9 Å². The Balaban J connectivity index is 1.15. The maximum absolute atomic E-state index is 14.3. The first-order valence-electron chi connectivity index (χ1n) is 21.7. The molecule has 1 fully saturated rings. The molecule has 4 aromatic carbocycles. The van der Waals surface area contributed by atoms with Crippen molar-refractivity contribution in [3.05, 3.63) is 125 Å². The molecule has 7 aromatic rings. The number of methoxy groups -OCH3 is 1. The minimum absolute atomic E-state index is 0.0101. The van der Waals surface area contributed by atoms with Crippen LogP contribution in [-0.4, -0.2) is 108 Å². The van der Waals surface area contributed by atoms with Gasteiger partial charge in [-0.15, -0.1) is 11.3 Å². The summed E-state index contributed by atoms with van der Waals surface area (Å²) in [5, 5.41) is 0.981. The molecule has 3 aliphatic rings. The van der Waals surface area contributed by atoms with Gasteiger partial charge in [0.2, 0.25) is 12.0 Å². The molecule has 66 heavy (non-hydrogen) atoms. The first-order valence-corrected chi connectivity index (χ1v) is 22.9. The number of thiophene rings is 1. The van der Waals surface area contributed by atoms with Crippen molar-refractivity contribution in [1.82, 2.24) is 29.7 Å². The molecule has 0 saturated carbocycles. The quantitative estimate of drug-likeness (QED) is 0.121. The molecule has 0 aliphatic carbocycles. The maximum Gasteiger partial charge on any atom is 0.347 e. The number of carbonyl (C=O) groups excluding carboxylic acids is 1. The number of halogens is 2. The lowest BCUT2D eigenvalue weighted by molar-refractivity contribution is -0.151. The molecule has 0 radical (unpaired) electrons. The minimum atomic E-state index is -1.20. The summed E-state index contributed by atoms with van der Waals surface area (Å²) >= 11 is 8.61. The number of benzene rings is 4. The number of rotatable bonds is 10. The topological polar surface area (TPSA) is 130 Å². The molecule has 3 aromatic heterocycles. The highest BCUT2D eigenvalue weighted by atomic mass is 35.5. The summed E-state index contributed by atoms with van der Waals surface area (Å²) in [6.45, 7) is 8.25. The van der Waals surface area contributed by atoms with Gasteiger partial charge < -0.3 is 33.3 Å². The van der Waals surface area contributed by atoms with Crippen molar-refractivity contribution in [2.24, 2.45) is 0 Å². The summed E-state index contributed by atoms with van der Waals surface area (Å²) in [6.07, 6.45) is 1.47. The Morgan fingerprint density at radius 1 is 0.939 bits per heavy atom. The Bertz CT molecular complexity index is 2860. The molecular formula is C50H48ClFN6O7S. The number of aromatic nitrogens is 4. The summed E-state index contributed by atoms with van der Waals surface area (Å²) in [5.41, 5.74) is 4.95. The predicted molar refractivity (Wildman–Crippen MR) is 251 cm³/mol. The van der Waals surface area contributed by atoms with Crippen molar-refractivity contribution >= 4 is 39.1 Å². The van der Waals surface area contributed by atoms with E-state index in [1.807, 2.05) is 61.5 Å². The second-order valence-corrected chi connectivity index (χ2v) is 17.4. The van der Waals surface area contributed by atoms with Crippen LogP contribution in [0.15, 0.2) is 97.5 Å². The van der Waals surface area contributed by atoms with Crippen LogP contribution < -0.4 is 23.7 Å². The van der Waals surface area contributed by atoms with Gasteiger partial charge in [-0.05, 0) is 92.2 Å². The Morgan fingerprint density at radius 2 is 1.76 bits per heavy atom. The van der Waals surface area contributed by atoms with Crippen LogP contribution >= 0.6 is 22.9 Å². The van der Waals surface area contributed by atoms with E-state index >= 15 is 0 Å². The first-order chi connectivity index (χ1) is 32.1. The van der Waals surface area contributed by atoms with E-state index in [9.17, 15) is 9.18 Å². The van der Waals surface area contributed by atoms with Gasteiger partial charge in [-0.25, -0.2) is 29.1 Å². The van der Waals surface area contributed by atoms with Crippen molar-refractivity contribution in [2.75, 3.05) is 60.1 Å². The van der Waals surface area contributed by atoms with E-state index in [1.54, 1.807) is 38.4 Å². The fourth-order valence-corrected chi connectivity index (χ4v) is 9.55. The van der Waals surface area contributed by atoms with Crippen LogP contribution in [0.25, 0.3) is 43.2 Å². The molecule has 2 atom stereocenters. The van der Waals surface area contributed by atoms with Crippen LogP contribution in [-0.2, 0) is 22.6 Å². The predicted octanol–water partition coefficient (Wildman–Crippen LogP) is 9.11. The van der Waals surface area contributed by atoms with Crippen molar-refractivity contribution in [3.8, 4) is 61.8 Å². The average Bonchev–Trinajstić information content (AvgIpc) is 3.72. The number of ether oxygens (including phenoxy) is 6. The number of carbonyl (C=O) groups is 1. The van der Waals surface area contributed by atoms with Gasteiger partial charge in [0.05, 0.1) is 35.4 Å². The van der Waals surface area contributed by atoms with E-state index in [-0.39, 0.29) is 37.9 Å². The fourth-order valence-electron chi connectivity index (χ4n) is 8.18. The zero-order valence-corrected chi connectivity index (χ0v) is 38.5. The smallest absolute Gasteiger partial charge is 0.347 e. The summed E-state index contributed by atoms with van der Waals surface area (Å²) in [4.78, 5) is 38.8. The molecular weight excluding hydrogens is 883 g/mol. The summed E-state index contributed by atoms with van der Waals surface area (Å²) < 4.78 is 52.2. The van der Waals surface area contributed by atoms with Crippen LogP contribution in [0.4, 0.5) is 4.39 Å². The number of hydrogen-bond donors (Lipinski definition) is 0. The Kier molecular flexibility index (Phi) is 13.6. The lowest BCUT2D eigenvalue weighted by atomic mass is 9.96. The number of likely N-dealkylation sites (N-methyl/N-ethyl adjacent to an activating group) is 1. The number of para-hydroxylation sites is 1. The van der Waals surface area contributed by atoms with Gasteiger partial charge in [0.1, 0.15) is 59.3 Å². The minimum Gasteiger partial charge on any atom is -0.496 e. The van der Waals surface area contributed by atoms with Crippen LogP contribution in [0, 0.1) is 12.7 Å². The van der Waals surface area contributed by atoms with E-state index in [2.05, 4.69) is 31.8 Å². The summed E-state index contributed by atoms with van der Waals surface area (Å²) in [5.74, 6) is 1.84. The maximum atomic E-state index is 14.3. The Hall–Kier alpha value is -6.39. The molecule has 0 unspecified atom stereocenters. The van der Waals surface area contributed by atoms with E-state index in [0.29, 0.717) is 61.9 Å². The van der Waals surface area contributed by atoms with Crippen LogP contribution in [0.3, 0.4) is 0 Å². The normalized spacial score (nSPS) is 16.8. The third kappa shape index (κ3) is 9.75. The summed E-state index contributed by atoms with van der Waals surface area (Å²) in [7, 11) is 3.73. The Labute approximate surface area is 391 Å². The lowest BCUT2D eigenvalue weighted by Crippen LogP contribution is -2.49. The van der Waals surface area contributed by atoms with Crippen LogP contribution in [0.1, 0.15) is 23.7 Å². The monoisotopic (exact) mass is 930 g/mol. The highest BCUT2D eigenvalue weighted by Gasteiger charge is 2.31. The highest BCUT2D eigenvalue weighted by Crippen LogP contribution is 2.49. The van der Waals surface area contributed by atoms with E-state index < -0.39 is 18.2 Å². The number of fused-ring (bicyclic) bond motifs is 7. The van der Waals surface area contributed by atoms with Gasteiger partial charge in [-0.1, -0.05) is 41.9 Å². The average molecular weight is 931 g/mol. The molecule has 0 amide bonds. The Morgan fingerprint density at radius 3 is 2.56 bits per heavy atom. The third-order valence-electron chi connectivity index (χ3n) is 11.6. The van der Waals surface area contributed by atoms with Crippen LogP contribution in [0.2, 0.25) is 5.02 Å². The van der Waals surface area contributed by atoms with Gasteiger partial charge >= 0.3 is 5.97 Å². The fraction of sp³-hybridized carbons (Fsp3) is 0.300. The first kappa shape index (κ1) is 44.8. The zero-order valence-electron chi connectivity index (χ0n) is 37.0. The van der Waals surface area contributed by atoms with Gasteiger partial charge in [-0.2, -0.15) is 0 Å². The van der Waals surface area contributed by atoms with E-state index in [1.165, 1.54) is 29.8 Å². The molecule has 0 spiro atoms. The largest absolute Gasteiger partial charge is 0.496 e. The van der Waals surface area contributed by atoms with Crippen LogP contribution in [0.5, 0.6) is 28.9 Å². The molecule has 16 heteroatoms. The molecule has 6 heterocycles. The second-order valence-electron chi connectivity index (χ2n) is 16.1. The number of piperazine rings is 1. The molecule has 0 N–H and O–H groups in total. The van der Waals surface area contributed by atoms with E-state index in [4.69, 9.17) is 45.0 Å². The summed E-state index contributed by atoms with van der Waals surface area (Å²) in [6, 6.07) is 24.9. The van der Waals surface area contributed by atoms with Crippen molar-refractivity contribution in [2.45, 2.75) is 39.1 Å². The number of hydrogen-bond acceptors (Lipinski definition) is 14. The second kappa shape index (κ2) is 20.0. The molecule has 10 rings (SSSR count). The van der Waals surface area contributed by atoms with Gasteiger partial charge in [0.25, 0.3) is 0 Å². The van der Waals surface area contributed by atoms with Crippen molar-refractivity contribution in [1.29, 1.82) is 0 Å². The lowest BCUT2D eigenvalue weighted by Gasteiger charge is -2.34. The SMILES string of the molecule is CCOC(=O)[C@H]1Cc2cc(ccc2OCc2ccnc(-c3ccccc3OC)n2)O[C@@H](CN2CCN(C)CC2)COc2ccc(c(C)c2Cl)-c2c(-c3ccc(F)cc3)sc3ncnc(c23)O1. The standard InChI is InChI=1S/C50H48ClFN6O7S/c1-5-61-50(59)42-25-32-24-35(14-16-39(32)62-27-34-18-19-53-47(56-34)38-8-6-7-9-40(38)60-4)64-36(26-58-22-20-57(3)21-23-58)28-63-41-17-15-37(30(2)45(41)51)43-44-48(65-42)54-29-55-49(44)66-46(43)31-10-12-33(52)13-11-31/h6-19,24,29,36,42H,5,20-23,25-28H2,1-4H3/t36-,42+/m0/s1. The highest BCUT2D eigenvalue weighted by molar-refractivity contribution is 7.22. The molecule has 340 valence electrons. The molecule has 13 nitrogen and oxygen atoms in total. The van der Waals surface area contributed by atoms with Crippen molar-refractivity contribution < 1.29 is 37.6 Å². The molecule has 4 bridgehead atoms. The third-order valence-corrected chi connectivity index (χ3v) is 13.3. The van der Waals surface area contributed by atoms with Gasteiger partial charge in [0, 0.05) is 61.3 Å². The van der Waals surface area contributed by atoms with Gasteiger partial charge in [-0.3, -0.25) is 4.90 Å². The zero-order chi connectivity index (χ0) is 45.7. The number of nitrogens with zero attached hydrogens (tertiary/aromatic N) is 6. The number of esters is 1. The molecule has 3 aliphatic heterocycles. The molecule has 1 saturated heterocycles.